The highest BCUT2D eigenvalue weighted by atomic mass is 16.5. The van der Waals surface area contributed by atoms with Gasteiger partial charge >= 0.3 is 0 Å². The summed E-state index contributed by atoms with van der Waals surface area (Å²) < 4.78 is 5.90. The van der Waals surface area contributed by atoms with Crippen molar-refractivity contribution >= 4 is 0 Å². The van der Waals surface area contributed by atoms with E-state index in [9.17, 15) is 5.11 Å². The molecule has 0 bridgehead atoms. The molecule has 2 aromatic rings. The highest BCUT2D eigenvalue weighted by Gasteiger charge is 2.56. The van der Waals surface area contributed by atoms with Crippen LogP contribution < -0.4 is 4.74 Å². The van der Waals surface area contributed by atoms with Gasteiger partial charge < -0.3 is 9.84 Å². The van der Waals surface area contributed by atoms with Crippen LogP contribution in [0.2, 0.25) is 0 Å². The van der Waals surface area contributed by atoms with Crippen LogP contribution in [0.4, 0.5) is 0 Å². The second-order valence-electron chi connectivity index (χ2n) is 9.98. The average molecular weight is 405 g/mol. The third-order valence-corrected chi connectivity index (χ3v) is 8.56. The molecule has 5 rings (SSSR count). The van der Waals surface area contributed by atoms with E-state index in [2.05, 4.69) is 55.5 Å². The number of hydrogen-bond acceptors (Lipinski definition) is 2. The first-order valence-electron chi connectivity index (χ1n) is 12.2. The number of aryl methyl sites for hydroxylation is 2. The van der Waals surface area contributed by atoms with Gasteiger partial charge in [0, 0.05) is 0 Å². The van der Waals surface area contributed by atoms with Gasteiger partial charge in [-0.25, -0.2) is 0 Å². The normalized spacial score (nSPS) is 32.2. The standard InChI is InChI=1S/C28H36O2/c1-2-18-30-22-9-11-23-21(19-22)8-10-25-24(23)15-17-28(26(25)12-13-27(28)29)16-14-20-6-4-3-5-7-20/h3-7,9,11,19,24-27,29H,2,8,10,12-18H2,1H3/t24-,25-,26+,27+,28+/m1/s1. The molecule has 0 aliphatic heterocycles. The first-order valence-corrected chi connectivity index (χ1v) is 12.2. The fourth-order valence-electron chi connectivity index (χ4n) is 7.15. The van der Waals surface area contributed by atoms with E-state index in [1.165, 1.54) is 43.2 Å². The van der Waals surface area contributed by atoms with Gasteiger partial charge in [0.2, 0.25) is 0 Å². The van der Waals surface area contributed by atoms with Crippen LogP contribution in [0.5, 0.6) is 5.75 Å². The molecule has 0 radical (unpaired) electrons. The quantitative estimate of drug-likeness (QED) is 0.612. The molecular weight excluding hydrogens is 368 g/mol. The van der Waals surface area contributed by atoms with Gasteiger partial charge in [0.1, 0.15) is 5.75 Å². The van der Waals surface area contributed by atoms with E-state index in [1.807, 2.05) is 0 Å². The molecule has 0 amide bonds. The number of rotatable bonds is 6. The Balaban J connectivity index is 1.37. The maximum absolute atomic E-state index is 11.1. The molecule has 0 heterocycles. The Morgan fingerprint density at radius 2 is 1.90 bits per heavy atom. The zero-order valence-electron chi connectivity index (χ0n) is 18.4. The smallest absolute Gasteiger partial charge is 0.119 e. The summed E-state index contributed by atoms with van der Waals surface area (Å²) in [6.07, 6.45) is 10.2. The summed E-state index contributed by atoms with van der Waals surface area (Å²) in [7, 11) is 0. The van der Waals surface area contributed by atoms with Crippen LogP contribution in [0.3, 0.4) is 0 Å². The SMILES string of the molecule is CCCOc1ccc2c(c1)CC[C@@H]1[C@@H]2CC[C@]2(CCc3ccccc3)[C@@H](O)CC[C@@H]12. The van der Waals surface area contributed by atoms with Crippen LogP contribution in [-0.2, 0) is 12.8 Å². The number of ether oxygens (including phenoxy) is 1. The number of aliphatic hydroxyl groups excluding tert-OH is 1. The molecule has 2 saturated carbocycles. The van der Waals surface area contributed by atoms with E-state index < -0.39 is 0 Å². The average Bonchev–Trinajstić information content (AvgIpc) is 3.13. The van der Waals surface area contributed by atoms with Crippen LogP contribution in [0.15, 0.2) is 48.5 Å². The lowest BCUT2D eigenvalue weighted by atomic mass is 9.53. The topological polar surface area (TPSA) is 29.5 Å². The third-order valence-electron chi connectivity index (χ3n) is 8.56. The van der Waals surface area contributed by atoms with Crippen LogP contribution >= 0.6 is 0 Å². The van der Waals surface area contributed by atoms with Crippen molar-refractivity contribution in [3.05, 3.63) is 65.2 Å². The zero-order valence-corrected chi connectivity index (χ0v) is 18.4. The predicted octanol–water partition coefficient (Wildman–Crippen LogP) is 6.31. The molecule has 2 aromatic carbocycles. The van der Waals surface area contributed by atoms with Crippen molar-refractivity contribution in [2.75, 3.05) is 6.61 Å². The molecule has 2 heteroatoms. The van der Waals surface area contributed by atoms with Crippen molar-refractivity contribution < 1.29 is 9.84 Å². The molecule has 0 unspecified atom stereocenters. The second kappa shape index (κ2) is 8.38. The molecule has 0 saturated heterocycles. The lowest BCUT2D eigenvalue weighted by molar-refractivity contribution is -0.0425. The van der Waals surface area contributed by atoms with Crippen molar-refractivity contribution in [1.82, 2.24) is 0 Å². The van der Waals surface area contributed by atoms with Crippen LogP contribution in [0.25, 0.3) is 0 Å². The zero-order chi connectivity index (χ0) is 20.6. The molecule has 0 aromatic heterocycles. The summed E-state index contributed by atoms with van der Waals surface area (Å²) >= 11 is 0. The Kier molecular flexibility index (Phi) is 5.62. The summed E-state index contributed by atoms with van der Waals surface area (Å²) in [6, 6.07) is 17.7. The number of hydrogen-bond donors (Lipinski definition) is 1. The highest BCUT2D eigenvalue weighted by molar-refractivity contribution is 5.41. The molecule has 30 heavy (non-hydrogen) atoms. The maximum Gasteiger partial charge on any atom is 0.119 e. The Morgan fingerprint density at radius 3 is 2.73 bits per heavy atom. The lowest BCUT2D eigenvalue weighted by Crippen LogP contribution is -2.46. The first-order chi connectivity index (χ1) is 14.7. The first kappa shape index (κ1) is 20.1. The van der Waals surface area contributed by atoms with Crippen molar-refractivity contribution in [2.24, 2.45) is 17.3 Å². The number of benzene rings is 2. The molecule has 3 aliphatic carbocycles. The molecule has 2 nitrogen and oxygen atoms in total. The number of fused-ring (bicyclic) bond motifs is 5. The molecule has 0 spiro atoms. The van der Waals surface area contributed by atoms with Crippen LogP contribution in [-0.4, -0.2) is 17.8 Å². The fourth-order valence-corrected chi connectivity index (χ4v) is 7.15. The Morgan fingerprint density at radius 1 is 1.03 bits per heavy atom. The van der Waals surface area contributed by atoms with Gasteiger partial charge in [-0.3, -0.25) is 0 Å². The number of aliphatic hydroxyl groups is 1. The maximum atomic E-state index is 11.1. The highest BCUT2D eigenvalue weighted by Crippen LogP contribution is 2.62. The third kappa shape index (κ3) is 3.47. The molecule has 2 fully saturated rings. The molecular formula is C28H36O2. The monoisotopic (exact) mass is 404 g/mol. The van der Waals surface area contributed by atoms with Gasteiger partial charge in [0.15, 0.2) is 0 Å². The Hall–Kier alpha value is -1.80. The summed E-state index contributed by atoms with van der Waals surface area (Å²) in [6.45, 7) is 2.96. The van der Waals surface area contributed by atoms with E-state index in [1.54, 1.807) is 5.56 Å². The minimum absolute atomic E-state index is 0.113. The predicted molar refractivity (Wildman–Crippen MR) is 122 cm³/mol. The van der Waals surface area contributed by atoms with E-state index in [4.69, 9.17) is 4.74 Å². The van der Waals surface area contributed by atoms with E-state index in [0.717, 1.165) is 44.0 Å². The Labute approximate surface area is 181 Å². The largest absolute Gasteiger partial charge is 0.494 e. The fraction of sp³-hybridized carbons (Fsp3) is 0.571. The summed E-state index contributed by atoms with van der Waals surface area (Å²) in [5, 5.41) is 11.1. The van der Waals surface area contributed by atoms with Gasteiger partial charge in [0.05, 0.1) is 12.7 Å². The molecule has 5 atom stereocenters. The van der Waals surface area contributed by atoms with E-state index >= 15 is 0 Å². The van der Waals surface area contributed by atoms with Crippen molar-refractivity contribution in [3.63, 3.8) is 0 Å². The van der Waals surface area contributed by atoms with Crippen molar-refractivity contribution in [1.29, 1.82) is 0 Å². The lowest BCUT2D eigenvalue weighted by Gasteiger charge is -2.52. The summed E-state index contributed by atoms with van der Waals surface area (Å²) in [5.41, 5.74) is 4.65. The minimum Gasteiger partial charge on any atom is -0.494 e. The minimum atomic E-state index is -0.113. The van der Waals surface area contributed by atoms with Crippen LogP contribution in [0, 0.1) is 17.3 Å². The van der Waals surface area contributed by atoms with Crippen molar-refractivity contribution in [2.45, 2.75) is 76.7 Å². The van der Waals surface area contributed by atoms with E-state index in [0.29, 0.717) is 11.8 Å². The van der Waals surface area contributed by atoms with Gasteiger partial charge in [-0.15, -0.1) is 0 Å². The molecule has 160 valence electrons. The van der Waals surface area contributed by atoms with Crippen LogP contribution in [0.1, 0.15) is 74.5 Å². The second-order valence-corrected chi connectivity index (χ2v) is 9.98. The van der Waals surface area contributed by atoms with Gasteiger partial charge in [-0.2, -0.15) is 0 Å². The van der Waals surface area contributed by atoms with Crippen molar-refractivity contribution in [3.8, 4) is 5.75 Å². The Bertz CT molecular complexity index is 860. The van der Waals surface area contributed by atoms with Gasteiger partial charge in [0.25, 0.3) is 0 Å². The summed E-state index contributed by atoms with van der Waals surface area (Å²) in [4.78, 5) is 0. The van der Waals surface area contributed by atoms with Gasteiger partial charge in [-0.1, -0.05) is 43.3 Å². The molecule has 3 aliphatic rings. The molecule has 1 N–H and O–H groups in total. The van der Waals surface area contributed by atoms with E-state index in [-0.39, 0.29) is 11.5 Å². The van der Waals surface area contributed by atoms with Gasteiger partial charge in [-0.05, 0) is 110 Å². The summed E-state index contributed by atoms with van der Waals surface area (Å²) in [5.74, 6) is 3.13.